The van der Waals surface area contributed by atoms with Gasteiger partial charge in [0.1, 0.15) is 48.1 Å². The third-order valence-electron chi connectivity index (χ3n) is 9.99. The Kier molecular flexibility index (Phi) is 19.2. The van der Waals surface area contributed by atoms with Crippen molar-refractivity contribution in [1.82, 2.24) is 19.6 Å². The zero-order valence-electron chi connectivity index (χ0n) is 32.9. The Morgan fingerprint density at radius 2 is 1.59 bits per heavy atom. The summed E-state index contributed by atoms with van der Waals surface area (Å²) < 4.78 is 47.6. The number of hydrogen-bond donors (Lipinski definition) is 4. The minimum Gasteiger partial charge on any atom is -0.497 e. The molecule has 56 heavy (non-hydrogen) atoms. The number of aliphatic hydroxyl groups is 2. The van der Waals surface area contributed by atoms with Crippen molar-refractivity contribution in [3.63, 3.8) is 0 Å². The van der Waals surface area contributed by atoms with Gasteiger partial charge in [0.15, 0.2) is 5.82 Å². The standard InChI is InChI=1S/C39H61N6O10P/c1-3-4-5-6-7-8-9-10-11-12-13-14-15-16-17-18-23-51-25-31(54-35-24-30(50-2)21-22-42-35)26-52-56(48,49)53-27-33-36(46)37(47)39(28-40,55-33)34-20-19-32-38(41)43-29-44-45(32)34/h19-22,24,29,31,33,36-37,46-47H,3-18,23,25-27H2,1-2H3,(H,48,49)(H2,41,43,44)/t31-,33-,36-,37-,39+/m1/s1. The van der Waals surface area contributed by atoms with Crippen LogP contribution in [0, 0.1) is 11.3 Å². The lowest BCUT2D eigenvalue weighted by Crippen LogP contribution is -2.41. The topological polar surface area (TPSA) is 226 Å². The first kappa shape index (κ1) is 45.3. The smallest absolute Gasteiger partial charge is 0.472 e. The second-order valence-corrected chi connectivity index (χ2v) is 15.8. The van der Waals surface area contributed by atoms with Crippen molar-refractivity contribution >= 4 is 19.2 Å². The molecular formula is C39H61N6O10P. The van der Waals surface area contributed by atoms with Crippen molar-refractivity contribution in [2.75, 3.05) is 39.3 Å². The van der Waals surface area contributed by atoms with E-state index in [-0.39, 0.29) is 24.0 Å². The molecule has 0 radical (unpaired) electrons. The van der Waals surface area contributed by atoms with Crippen LogP contribution in [-0.2, 0) is 28.7 Å². The summed E-state index contributed by atoms with van der Waals surface area (Å²) in [6.45, 7) is 1.66. The van der Waals surface area contributed by atoms with Crippen LogP contribution in [0.5, 0.6) is 11.6 Å². The molecule has 4 rings (SSSR count). The maximum Gasteiger partial charge on any atom is 0.472 e. The molecule has 1 fully saturated rings. The molecule has 4 heterocycles. The molecule has 0 spiro atoms. The number of methoxy groups -OCH3 is 1. The highest BCUT2D eigenvalue weighted by Crippen LogP contribution is 2.46. The number of hydrogen-bond acceptors (Lipinski definition) is 14. The van der Waals surface area contributed by atoms with Crippen LogP contribution in [0.1, 0.15) is 115 Å². The monoisotopic (exact) mass is 804 g/mol. The molecule has 17 heteroatoms. The van der Waals surface area contributed by atoms with E-state index < -0.39 is 51.1 Å². The van der Waals surface area contributed by atoms with E-state index in [4.69, 9.17) is 33.7 Å². The van der Waals surface area contributed by atoms with Crippen LogP contribution < -0.4 is 15.2 Å². The zero-order chi connectivity index (χ0) is 40.2. The van der Waals surface area contributed by atoms with Gasteiger partial charge in [-0.3, -0.25) is 9.05 Å². The summed E-state index contributed by atoms with van der Waals surface area (Å²) in [6.07, 6.45) is 17.4. The predicted octanol–water partition coefficient (Wildman–Crippen LogP) is 6.41. The number of anilines is 1. The molecule has 1 aliphatic heterocycles. The van der Waals surface area contributed by atoms with Crippen LogP contribution in [0.4, 0.5) is 5.82 Å². The van der Waals surface area contributed by atoms with E-state index in [1.54, 1.807) is 12.1 Å². The Morgan fingerprint density at radius 1 is 0.946 bits per heavy atom. The number of pyridine rings is 1. The molecule has 16 nitrogen and oxygen atoms in total. The third-order valence-corrected chi connectivity index (χ3v) is 10.9. The fraction of sp³-hybridized carbons (Fsp3) is 0.692. The maximum atomic E-state index is 13.0. The lowest BCUT2D eigenvalue weighted by molar-refractivity contribution is -0.0652. The lowest BCUT2D eigenvalue weighted by Gasteiger charge is -2.24. The number of aromatic nitrogens is 4. The van der Waals surface area contributed by atoms with Gasteiger partial charge in [-0.25, -0.2) is 19.0 Å². The third kappa shape index (κ3) is 13.6. The second kappa shape index (κ2) is 23.7. The largest absolute Gasteiger partial charge is 0.497 e. The van der Waals surface area contributed by atoms with Gasteiger partial charge in [0.25, 0.3) is 0 Å². The Hall–Kier alpha value is -3.39. The van der Waals surface area contributed by atoms with Crippen LogP contribution in [-0.4, -0.2) is 92.6 Å². The molecule has 0 saturated carbocycles. The number of aliphatic hydroxyl groups excluding tert-OH is 2. The summed E-state index contributed by atoms with van der Waals surface area (Å²) >= 11 is 0. The van der Waals surface area contributed by atoms with Gasteiger partial charge in [0, 0.05) is 18.9 Å². The van der Waals surface area contributed by atoms with E-state index in [0.717, 1.165) is 19.3 Å². The van der Waals surface area contributed by atoms with Gasteiger partial charge >= 0.3 is 7.82 Å². The first-order valence-electron chi connectivity index (χ1n) is 20.0. The van der Waals surface area contributed by atoms with Crippen molar-refractivity contribution in [3.05, 3.63) is 42.5 Å². The quantitative estimate of drug-likeness (QED) is 0.0439. The predicted molar refractivity (Wildman–Crippen MR) is 209 cm³/mol. The van der Waals surface area contributed by atoms with Crippen molar-refractivity contribution in [2.24, 2.45) is 0 Å². The average Bonchev–Trinajstić information content (AvgIpc) is 3.75. The molecule has 312 valence electrons. The molecule has 5 N–H and O–H groups in total. The van der Waals surface area contributed by atoms with Gasteiger partial charge in [-0.15, -0.1) is 0 Å². The van der Waals surface area contributed by atoms with E-state index in [2.05, 4.69) is 22.0 Å². The van der Waals surface area contributed by atoms with Gasteiger partial charge in [-0.05, 0) is 24.6 Å². The normalized spacial score (nSPS) is 21.2. The minimum absolute atomic E-state index is 0.0400. The zero-order valence-corrected chi connectivity index (χ0v) is 33.8. The summed E-state index contributed by atoms with van der Waals surface area (Å²) in [6, 6.07) is 8.13. The second-order valence-electron chi connectivity index (χ2n) is 14.3. The van der Waals surface area contributed by atoms with E-state index in [9.17, 15) is 24.9 Å². The number of nitrogens with zero attached hydrogens (tertiary/aromatic N) is 5. The van der Waals surface area contributed by atoms with E-state index in [1.807, 2.05) is 6.07 Å². The van der Waals surface area contributed by atoms with Crippen LogP contribution >= 0.6 is 7.82 Å². The van der Waals surface area contributed by atoms with Gasteiger partial charge in [-0.1, -0.05) is 103 Å². The number of rotatable bonds is 29. The van der Waals surface area contributed by atoms with Crippen LogP contribution in [0.2, 0.25) is 0 Å². The minimum atomic E-state index is -4.78. The number of phosphoric acid groups is 1. The highest BCUT2D eigenvalue weighted by molar-refractivity contribution is 7.47. The van der Waals surface area contributed by atoms with Crippen LogP contribution in [0.3, 0.4) is 0 Å². The maximum absolute atomic E-state index is 13.0. The number of ether oxygens (including phenoxy) is 4. The first-order chi connectivity index (χ1) is 27.1. The molecule has 1 unspecified atom stereocenters. The summed E-state index contributed by atoms with van der Waals surface area (Å²) in [5.74, 6) is 0.835. The SMILES string of the molecule is CCCCCCCCCCCCCCCCCCOC[C@H](COP(=O)(O)OC[C@H]1O[C@@](C#N)(c2ccc3c(N)ncnn23)[C@H](O)[C@@H]1O)Oc1cc(OC)ccn1. The summed E-state index contributed by atoms with van der Waals surface area (Å²) in [7, 11) is -3.27. The number of fused-ring (bicyclic) bond motifs is 1. The molecule has 0 aromatic carbocycles. The highest BCUT2D eigenvalue weighted by atomic mass is 31.2. The molecule has 0 amide bonds. The first-order valence-corrected chi connectivity index (χ1v) is 21.5. The summed E-state index contributed by atoms with van der Waals surface area (Å²) in [5, 5.41) is 36.0. The number of phosphoric ester groups is 1. The fourth-order valence-electron chi connectivity index (χ4n) is 6.77. The van der Waals surface area contributed by atoms with Crippen molar-refractivity contribution < 1.29 is 47.7 Å². The summed E-state index contributed by atoms with van der Waals surface area (Å²) in [4.78, 5) is 18.7. The fourth-order valence-corrected chi connectivity index (χ4v) is 7.53. The molecule has 1 aliphatic rings. The molecule has 0 bridgehead atoms. The summed E-state index contributed by atoms with van der Waals surface area (Å²) in [5.41, 5.74) is 4.23. The van der Waals surface area contributed by atoms with Crippen LogP contribution in [0.25, 0.3) is 5.52 Å². The molecule has 1 saturated heterocycles. The Balaban J connectivity index is 1.18. The van der Waals surface area contributed by atoms with Crippen LogP contribution in [0.15, 0.2) is 36.8 Å². The highest BCUT2D eigenvalue weighted by Gasteiger charge is 2.58. The van der Waals surface area contributed by atoms with E-state index >= 15 is 0 Å². The molecular weight excluding hydrogens is 743 g/mol. The molecule has 3 aromatic heterocycles. The van der Waals surface area contributed by atoms with Crippen molar-refractivity contribution in [1.29, 1.82) is 5.26 Å². The average molecular weight is 805 g/mol. The van der Waals surface area contributed by atoms with Gasteiger partial charge in [0.05, 0.1) is 32.6 Å². The number of nitrogens with two attached hydrogens (primary N) is 1. The van der Waals surface area contributed by atoms with E-state index in [1.165, 1.54) is 120 Å². The van der Waals surface area contributed by atoms with E-state index in [0.29, 0.717) is 17.9 Å². The Morgan fingerprint density at radius 3 is 2.21 bits per heavy atom. The molecule has 3 aromatic rings. The van der Waals surface area contributed by atoms with Crippen molar-refractivity contribution in [2.45, 2.75) is 140 Å². The van der Waals surface area contributed by atoms with Gasteiger partial charge in [0.2, 0.25) is 11.5 Å². The number of nitriles is 1. The Bertz CT molecular complexity index is 1680. The molecule has 6 atom stereocenters. The Labute approximate surface area is 330 Å². The number of nitrogen functional groups attached to an aromatic ring is 1. The number of unbranched alkanes of at least 4 members (excludes halogenated alkanes) is 15. The van der Waals surface area contributed by atoms with Gasteiger partial charge < -0.3 is 39.8 Å². The van der Waals surface area contributed by atoms with Gasteiger partial charge in [-0.2, -0.15) is 10.4 Å². The van der Waals surface area contributed by atoms with Crippen molar-refractivity contribution in [3.8, 4) is 17.7 Å². The molecule has 0 aliphatic carbocycles. The lowest BCUT2D eigenvalue weighted by atomic mass is 9.92.